The quantitative estimate of drug-likeness (QED) is 0.665. The molecule has 28 heavy (non-hydrogen) atoms. The molecule has 0 saturated carbocycles. The molecule has 1 aromatic heterocycles. The first kappa shape index (κ1) is 19.6. The maximum atomic E-state index is 12.3. The molecule has 144 valence electrons. The Morgan fingerprint density at radius 3 is 2.61 bits per heavy atom. The number of benzene rings is 2. The van der Waals surface area contributed by atoms with Gasteiger partial charge in [0.15, 0.2) is 0 Å². The Bertz CT molecular complexity index is 1020. The first-order chi connectivity index (χ1) is 13.6. The smallest absolute Gasteiger partial charge is 0.253 e. The van der Waals surface area contributed by atoms with Crippen LogP contribution in [0.15, 0.2) is 65.7 Å². The molecule has 3 aromatic rings. The van der Waals surface area contributed by atoms with Gasteiger partial charge in [-0.3, -0.25) is 14.2 Å². The van der Waals surface area contributed by atoms with Crippen molar-refractivity contribution in [1.82, 2.24) is 14.9 Å². The highest BCUT2D eigenvalue weighted by Crippen LogP contribution is 2.19. The number of aromatic nitrogens is 2. The van der Waals surface area contributed by atoms with Crippen LogP contribution in [0.1, 0.15) is 5.56 Å². The molecule has 0 unspecified atom stereocenters. The van der Waals surface area contributed by atoms with Gasteiger partial charge >= 0.3 is 0 Å². The topological polar surface area (TPSA) is 73.2 Å². The van der Waals surface area contributed by atoms with Crippen molar-refractivity contribution >= 4 is 17.5 Å². The summed E-state index contributed by atoms with van der Waals surface area (Å²) in [6, 6.07) is 16.0. The minimum Gasteiger partial charge on any atom is -0.497 e. The largest absolute Gasteiger partial charge is 0.497 e. The average Bonchev–Trinajstić information content (AvgIpc) is 2.71. The van der Waals surface area contributed by atoms with Crippen molar-refractivity contribution in [2.75, 3.05) is 13.7 Å². The lowest BCUT2D eigenvalue weighted by Gasteiger charge is -2.09. The van der Waals surface area contributed by atoms with Crippen LogP contribution in [0.3, 0.4) is 0 Å². The van der Waals surface area contributed by atoms with Crippen LogP contribution in [0.4, 0.5) is 0 Å². The van der Waals surface area contributed by atoms with Gasteiger partial charge in [-0.1, -0.05) is 29.8 Å². The van der Waals surface area contributed by atoms with E-state index in [1.807, 2.05) is 42.5 Å². The van der Waals surface area contributed by atoms with E-state index in [4.69, 9.17) is 16.3 Å². The fourth-order valence-electron chi connectivity index (χ4n) is 2.71. The number of hydrogen-bond donors (Lipinski definition) is 1. The van der Waals surface area contributed by atoms with E-state index >= 15 is 0 Å². The van der Waals surface area contributed by atoms with E-state index in [2.05, 4.69) is 10.3 Å². The van der Waals surface area contributed by atoms with Crippen LogP contribution in [-0.4, -0.2) is 29.1 Å². The molecule has 0 aliphatic rings. The number of ether oxygens (including phenoxy) is 1. The molecule has 0 bridgehead atoms. The molecule has 1 N–H and O–H groups in total. The first-order valence-electron chi connectivity index (χ1n) is 8.78. The standard InChI is InChI=1S/C21H20ClN3O3/c1-28-17-8-6-15(7-9-17)19-13-21(27)25(14-24-19)11-10-23-20(26)12-16-4-2-3-5-18(16)22/h2-9,13-14H,10-12H2,1H3,(H,23,26). The number of hydrogen-bond acceptors (Lipinski definition) is 4. The van der Waals surface area contributed by atoms with E-state index in [0.717, 1.165) is 16.9 Å². The van der Waals surface area contributed by atoms with Crippen LogP contribution in [0, 0.1) is 0 Å². The number of carbonyl (C=O) groups excluding carboxylic acids is 1. The molecule has 0 aliphatic heterocycles. The highest BCUT2D eigenvalue weighted by molar-refractivity contribution is 6.31. The molecule has 6 nitrogen and oxygen atoms in total. The highest BCUT2D eigenvalue weighted by Gasteiger charge is 2.07. The van der Waals surface area contributed by atoms with Crippen LogP contribution >= 0.6 is 11.6 Å². The second-order valence-corrected chi connectivity index (χ2v) is 6.56. The fraction of sp³-hybridized carbons (Fsp3) is 0.190. The molecule has 3 rings (SSSR count). The van der Waals surface area contributed by atoms with Crippen LogP contribution in [-0.2, 0) is 17.8 Å². The van der Waals surface area contributed by atoms with Gasteiger partial charge in [0.1, 0.15) is 5.75 Å². The fourth-order valence-corrected chi connectivity index (χ4v) is 2.91. The third-order valence-electron chi connectivity index (χ3n) is 4.25. The summed E-state index contributed by atoms with van der Waals surface area (Å²) in [5.41, 5.74) is 2.01. The van der Waals surface area contributed by atoms with E-state index in [1.165, 1.54) is 17.0 Å². The third kappa shape index (κ3) is 4.98. The molecule has 1 amide bonds. The second-order valence-electron chi connectivity index (χ2n) is 6.15. The lowest BCUT2D eigenvalue weighted by atomic mass is 10.1. The van der Waals surface area contributed by atoms with Crippen molar-refractivity contribution in [3.8, 4) is 17.0 Å². The minimum absolute atomic E-state index is 0.149. The molecule has 0 fully saturated rings. The summed E-state index contributed by atoms with van der Waals surface area (Å²) in [7, 11) is 1.60. The van der Waals surface area contributed by atoms with Gasteiger partial charge in [0.25, 0.3) is 5.56 Å². The molecular weight excluding hydrogens is 378 g/mol. The Kier molecular flexibility index (Phi) is 6.45. The maximum Gasteiger partial charge on any atom is 0.253 e. The molecule has 2 aromatic carbocycles. The van der Waals surface area contributed by atoms with Gasteiger partial charge in [-0.2, -0.15) is 0 Å². The van der Waals surface area contributed by atoms with Gasteiger partial charge in [-0.05, 0) is 35.9 Å². The Morgan fingerprint density at radius 1 is 1.18 bits per heavy atom. The number of rotatable bonds is 7. The summed E-state index contributed by atoms with van der Waals surface area (Å²) >= 11 is 6.06. The maximum absolute atomic E-state index is 12.3. The van der Waals surface area contributed by atoms with Crippen LogP contribution < -0.4 is 15.6 Å². The van der Waals surface area contributed by atoms with Gasteiger partial charge in [-0.25, -0.2) is 4.98 Å². The van der Waals surface area contributed by atoms with E-state index in [0.29, 0.717) is 23.8 Å². The highest BCUT2D eigenvalue weighted by atomic mass is 35.5. The zero-order valence-corrected chi connectivity index (χ0v) is 16.1. The first-order valence-corrected chi connectivity index (χ1v) is 9.15. The minimum atomic E-state index is -0.179. The van der Waals surface area contributed by atoms with Crippen molar-refractivity contribution in [3.05, 3.63) is 81.9 Å². The summed E-state index contributed by atoms with van der Waals surface area (Å²) in [6.45, 7) is 0.662. The molecule has 0 saturated heterocycles. The van der Waals surface area contributed by atoms with Gasteiger partial charge in [0, 0.05) is 29.7 Å². The predicted molar refractivity (Wildman–Crippen MR) is 109 cm³/mol. The van der Waals surface area contributed by atoms with Crippen molar-refractivity contribution < 1.29 is 9.53 Å². The Morgan fingerprint density at radius 2 is 1.93 bits per heavy atom. The SMILES string of the molecule is COc1ccc(-c2cc(=O)n(CCNC(=O)Cc3ccccc3Cl)cn2)cc1. The van der Waals surface area contributed by atoms with Crippen molar-refractivity contribution in [3.63, 3.8) is 0 Å². The Hall–Kier alpha value is -3.12. The number of halogens is 1. The van der Waals surface area contributed by atoms with Crippen molar-refractivity contribution in [1.29, 1.82) is 0 Å². The number of amides is 1. The monoisotopic (exact) mass is 397 g/mol. The van der Waals surface area contributed by atoms with E-state index in [-0.39, 0.29) is 17.9 Å². The zero-order valence-electron chi connectivity index (χ0n) is 15.4. The zero-order chi connectivity index (χ0) is 19.9. The third-order valence-corrected chi connectivity index (χ3v) is 4.62. The number of nitrogens with one attached hydrogen (secondary N) is 1. The normalized spacial score (nSPS) is 10.5. The molecule has 0 aliphatic carbocycles. The summed E-state index contributed by atoms with van der Waals surface area (Å²) in [5, 5.41) is 3.36. The molecule has 0 spiro atoms. The summed E-state index contributed by atoms with van der Waals surface area (Å²) in [4.78, 5) is 28.7. The molecule has 1 heterocycles. The lowest BCUT2D eigenvalue weighted by Crippen LogP contribution is -2.31. The second kappa shape index (κ2) is 9.19. The predicted octanol–water partition coefficient (Wildman–Crippen LogP) is 2.93. The summed E-state index contributed by atoms with van der Waals surface area (Å²) in [5.74, 6) is 0.591. The lowest BCUT2D eigenvalue weighted by molar-refractivity contribution is -0.120. The van der Waals surface area contributed by atoms with Gasteiger partial charge < -0.3 is 10.1 Å². The number of carbonyl (C=O) groups is 1. The van der Waals surface area contributed by atoms with Crippen LogP contribution in [0.2, 0.25) is 5.02 Å². The summed E-state index contributed by atoms with van der Waals surface area (Å²) < 4.78 is 6.59. The van der Waals surface area contributed by atoms with Crippen LogP contribution in [0.25, 0.3) is 11.3 Å². The Labute approximate surface area is 167 Å². The summed E-state index contributed by atoms with van der Waals surface area (Å²) in [6.07, 6.45) is 1.69. The van der Waals surface area contributed by atoms with Gasteiger partial charge in [0.05, 0.1) is 25.6 Å². The molecular formula is C21H20ClN3O3. The van der Waals surface area contributed by atoms with E-state index in [9.17, 15) is 9.59 Å². The molecule has 7 heteroatoms. The molecule has 0 radical (unpaired) electrons. The van der Waals surface area contributed by atoms with Crippen LogP contribution in [0.5, 0.6) is 5.75 Å². The van der Waals surface area contributed by atoms with Gasteiger partial charge in [-0.15, -0.1) is 0 Å². The number of methoxy groups -OCH3 is 1. The Balaban J connectivity index is 1.57. The van der Waals surface area contributed by atoms with E-state index in [1.54, 1.807) is 13.2 Å². The van der Waals surface area contributed by atoms with Gasteiger partial charge in [0.2, 0.25) is 5.91 Å². The molecule has 0 atom stereocenters. The van der Waals surface area contributed by atoms with Crippen molar-refractivity contribution in [2.24, 2.45) is 0 Å². The average molecular weight is 398 g/mol. The number of nitrogens with zero attached hydrogens (tertiary/aromatic N) is 2. The van der Waals surface area contributed by atoms with Crippen molar-refractivity contribution in [2.45, 2.75) is 13.0 Å². The van der Waals surface area contributed by atoms with E-state index < -0.39 is 0 Å².